The Morgan fingerprint density at radius 2 is 2.04 bits per heavy atom. The fraction of sp³-hybridized carbons (Fsp3) is 0.684. The largest absolute Gasteiger partial charge is 0.573 e. The molecule has 24 heavy (non-hydrogen) atoms. The molecule has 2 aliphatic rings. The summed E-state index contributed by atoms with van der Waals surface area (Å²) in [5.41, 5.74) is 2.18. The quantitative estimate of drug-likeness (QED) is 0.774. The minimum Gasteiger partial charge on any atom is -0.406 e. The van der Waals surface area contributed by atoms with Crippen LogP contribution in [0.1, 0.15) is 50.7 Å². The molecule has 1 fully saturated rings. The van der Waals surface area contributed by atoms with Gasteiger partial charge in [0.2, 0.25) is 0 Å². The van der Waals surface area contributed by atoms with Crippen LogP contribution in [0, 0.1) is 5.92 Å². The molecule has 0 radical (unpaired) electrons. The van der Waals surface area contributed by atoms with Gasteiger partial charge in [-0.1, -0.05) is 32.8 Å². The monoisotopic (exact) mass is 341 g/mol. The molecule has 5 heteroatoms. The average Bonchev–Trinajstić information content (AvgIpc) is 2.52. The summed E-state index contributed by atoms with van der Waals surface area (Å²) >= 11 is 0. The van der Waals surface area contributed by atoms with Crippen molar-refractivity contribution in [1.29, 1.82) is 0 Å². The number of rotatable bonds is 3. The van der Waals surface area contributed by atoms with Crippen LogP contribution in [0.2, 0.25) is 0 Å². The molecular formula is C19H26F3NO. The van der Waals surface area contributed by atoms with Crippen LogP contribution in [0.4, 0.5) is 13.2 Å². The second-order valence-corrected chi connectivity index (χ2v) is 7.48. The fourth-order valence-electron chi connectivity index (χ4n) is 4.84. The highest BCUT2D eigenvalue weighted by atomic mass is 19.4. The number of halogens is 3. The zero-order valence-electron chi connectivity index (χ0n) is 14.6. The Morgan fingerprint density at radius 1 is 1.29 bits per heavy atom. The lowest BCUT2D eigenvalue weighted by molar-refractivity contribution is -0.274. The van der Waals surface area contributed by atoms with E-state index < -0.39 is 6.36 Å². The first-order chi connectivity index (χ1) is 11.2. The lowest BCUT2D eigenvalue weighted by Gasteiger charge is -2.52. The van der Waals surface area contributed by atoms with Crippen molar-refractivity contribution in [2.75, 3.05) is 13.6 Å². The van der Waals surface area contributed by atoms with Gasteiger partial charge in [-0.25, -0.2) is 0 Å². The maximum atomic E-state index is 12.6. The van der Waals surface area contributed by atoms with Crippen LogP contribution in [-0.4, -0.2) is 30.9 Å². The van der Waals surface area contributed by atoms with E-state index in [1.54, 1.807) is 6.07 Å². The Balaban J connectivity index is 2.02. The van der Waals surface area contributed by atoms with Crippen LogP contribution in [0.15, 0.2) is 18.2 Å². The zero-order chi connectivity index (χ0) is 17.5. The fourth-order valence-corrected chi connectivity index (χ4v) is 4.84. The van der Waals surface area contributed by atoms with Crippen LogP contribution in [0.5, 0.6) is 5.75 Å². The molecule has 0 heterocycles. The molecule has 0 amide bonds. The van der Waals surface area contributed by atoms with Gasteiger partial charge in [-0.2, -0.15) is 0 Å². The summed E-state index contributed by atoms with van der Waals surface area (Å²) in [6.07, 6.45) is 0.804. The van der Waals surface area contributed by atoms with Crippen LogP contribution in [0.25, 0.3) is 0 Å². The molecule has 0 unspecified atom stereocenters. The minimum absolute atomic E-state index is 0.0646. The topological polar surface area (TPSA) is 12.5 Å². The number of alkyl halides is 3. The Bertz CT molecular complexity index is 601. The van der Waals surface area contributed by atoms with Crippen molar-refractivity contribution in [2.45, 2.75) is 63.8 Å². The molecule has 1 aromatic rings. The standard InChI is InChI=1S/C19H26F3NO/c1-4-23(3)17-11-13-8-9-14(24-19(20,21)22)12-16(13)18(2)10-6-5-7-15(17)18/h8-9,12,15,17H,4-7,10-11H2,1-3H3/t15-,17+,18-/m1/s1. The smallest absolute Gasteiger partial charge is 0.406 e. The molecule has 0 aromatic heterocycles. The Kier molecular flexibility index (Phi) is 4.58. The lowest BCUT2D eigenvalue weighted by Crippen LogP contribution is -2.53. The predicted octanol–water partition coefficient (Wildman–Crippen LogP) is 4.91. The maximum Gasteiger partial charge on any atom is 0.573 e. The second-order valence-electron chi connectivity index (χ2n) is 7.48. The van der Waals surface area contributed by atoms with Crippen molar-refractivity contribution >= 4 is 0 Å². The highest BCUT2D eigenvalue weighted by Crippen LogP contribution is 2.51. The highest BCUT2D eigenvalue weighted by Gasteiger charge is 2.47. The van der Waals surface area contributed by atoms with Crippen molar-refractivity contribution < 1.29 is 17.9 Å². The van der Waals surface area contributed by atoms with Gasteiger partial charge in [0, 0.05) is 6.04 Å². The van der Waals surface area contributed by atoms with Crippen molar-refractivity contribution in [3.8, 4) is 5.75 Å². The summed E-state index contributed by atoms with van der Waals surface area (Å²) < 4.78 is 41.9. The molecule has 2 aliphatic carbocycles. The van der Waals surface area contributed by atoms with Crippen molar-refractivity contribution in [3.05, 3.63) is 29.3 Å². The summed E-state index contributed by atoms with van der Waals surface area (Å²) in [6, 6.07) is 5.40. The third-order valence-electron chi connectivity index (χ3n) is 6.17. The molecule has 134 valence electrons. The van der Waals surface area contributed by atoms with E-state index in [9.17, 15) is 13.2 Å². The predicted molar refractivity (Wildman–Crippen MR) is 88.2 cm³/mol. The Morgan fingerprint density at radius 3 is 2.71 bits per heavy atom. The van der Waals surface area contributed by atoms with Gasteiger partial charge in [0.15, 0.2) is 0 Å². The van der Waals surface area contributed by atoms with E-state index in [0.29, 0.717) is 12.0 Å². The van der Waals surface area contributed by atoms with Gasteiger partial charge in [0.05, 0.1) is 0 Å². The number of fused-ring (bicyclic) bond motifs is 3. The molecule has 1 aromatic carbocycles. The summed E-state index contributed by atoms with van der Waals surface area (Å²) in [7, 11) is 2.16. The van der Waals surface area contributed by atoms with Gasteiger partial charge in [0.1, 0.15) is 5.75 Å². The number of nitrogens with zero attached hydrogens (tertiary/aromatic N) is 1. The molecule has 0 bridgehead atoms. The van der Waals surface area contributed by atoms with Gasteiger partial charge in [-0.05, 0) is 67.4 Å². The molecule has 3 rings (SSSR count). The molecule has 2 nitrogen and oxygen atoms in total. The molecule has 0 spiro atoms. The van der Waals surface area contributed by atoms with E-state index in [1.807, 2.05) is 6.07 Å². The molecule has 0 N–H and O–H groups in total. The molecule has 0 saturated heterocycles. The Hall–Kier alpha value is -1.23. The minimum atomic E-state index is -4.64. The van der Waals surface area contributed by atoms with E-state index in [4.69, 9.17) is 0 Å². The lowest BCUT2D eigenvalue weighted by atomic mass is 9.56. The number of hydrogen-bond donors (Lipinski definition) is 0. The van der Waals surface area contributed by atoms with Crippen molar-refractivity contribution in [1.82, 2.24) is 4.90 Å². The van der Waals surface area contributed by atoms with Gasteiger partial charge in [-0.15, -0.1) is 13.2 Å². The van der Waals surface area contributed by atoms with E-state index in [-0.39, 0.29) is 11.2 Å². The normalized spacial score (nSPS) is 30.0. The van der Waals surface area contributed by atoms with E-state index in [0.717, 1.165) is 37.8 Å². The van der Waals surface area contributed by atoms with Crippen LogP contribution >= 0.6 is 0 Å². The highest BCUT2D eigenvalue weighted by molar-refractivity contribution is 5.44. The molecular weight excluding hydrogens is 315 g/mol. The summed E-state index contributed by atoms with van der Waals surface area (Å²) in [5, 5.41) is 0. The first-order valence-electron chi connectivity index (χ1n) is 8.84. The van der Waals surface area contributed by atoms with E-state index >= 15 is 0 Å². The van der Waals surface area contributed by atoms with Crippen LogP contribution in [0.3, 0.4) is 0 Å². The number of ether oxygens (including phenoxy) is 1. The second kappa shape index (κ2) is 6.25. The maximum absolute atomic E-state index is 12.6. The van der Waals surface area contributed by atoms with Crippen molar-refractivity contribution in [2.24, 2.45) is 5.92 Å². The van der Waals surface area contributed by atoms with E-state index in [1.165, 1.54) is 18.1 Å². The number of hydrogen-bond acceptors (Lipinski definition) is 2. The third kappa shape index (κ3) is 3.15. The SMILES string of the molecule is CCN(C)[C@H]1Cc2ccc(OC(F)(F)F)cc2[C@]2(C)CCCC[C@H]12. The first-order valence-corrected chi connectivity index (χ1v) is 8.84. The summed E-state index contributed by atoms with van der Waals surface area (Å²) in [5.74, 6) is 0.402. The van der Waals surface area contributed by atoms with Crippen molar-refractivity contribution in [3.63, 3.8) is 0 Å². The zero-order valence-corrected chi connectivity index (χ0v) is 14.6. The van der Waals surface area contributed by atoms with Crippen LogP contribution in [-0.2, 0) is 11.8 Å². The third-order valence-corrected chi connectivity index (χ3v) is 6.17. The summed E-state index contributed by atoms with van der Waals surface area (Å²) in [6.45, 7) is 5.39. The summed E-state index contributed by atoms with van der Waals surface area (Å²) in [4.78, 5) is 2.40. The van der Waals surface area contributed by atoms with Gasteiger partial charge in [0.25, 0.3) is 0 Å². The van der Waals surface area contributed by atoms with Crippen LogP contribution < -0.4 is 4.74 Å². The Labute approximate surface area is 142 Å². The number of likely N-dealkylation sites (N-methyl/N-ethyl adjacent to an activating group) is 1. The molecule has 3 atom stereocenters. The van der Waals surface area contributed by atoms with Gasteiger partial charge in [-0.3, -0.25) is 0 Å². The van der Waals surface area contributed by atoms with E-state index in [2.05, 4.69) is 30.5 Å². The van der Waals surface area contributed by atoms with Gasteiger partial charge < -0.3 is 9.64 Å². The first kappa shape index (κ1) is 17.6. The van der Waals surface area contributed by atoms with Gasteiger partial charge >= 0.3 is 6.36 Å². The molecule has 1 saturated carbocycles. The average molecular weight is 341 g/mol. The number of benzene rings is 1. The molecule has 0 aliphatic heterocycles.